The molecular weight excluding hydrogens is 334 g/mol. The molecule has 138 valence electrons. The van der Waals surface area contributed by atoms with Crippen LogP contribution in [0.3, 0.4) is 0 Å². The van der Waals surface area contributed by atoms with Crippen LogP contribution in [0.1, 0.15) is 29.1 Å². The van der Waals surface area contributed by atoms with Crippen molar-refractivity contribution in [1.82, 2.24) is 24.9 Å². The van der Waals surface area contributed by atoms with Gasteiger partial charge in [0.05, 0.1) is 13.0 Å². The molecule has 0 spiro atoms. The van der Waals surface area contributed by atoms with Crippen molar-refractivity contribution in [2.24, 2.45) is 0 Å². The number of carbonyl (C=O) groups is 1. The first-order valence-corrected chi connectivity index (χ1v) is 8.94. The van der Waals surface area contributed by atoms with Crippen molar-refractivity contribution in [3.05, 3.63) is 41.3 Å². The lowest BCUT2D eigenvalue weighted by molar-refractivity contribution is -0.141. The number of likely N-dealkylation sites (tertiary alicyclic amines) is 1. The van der Waals surface area contributed by atoms with Crippen molar-refractivity contribution in [2.75, 3.05) is 32.8 Å². The van der Waals surface area contributed by atoms with E-state index in [1.807, 2.05) is 24.0 Å². The summed E-state index contributed by atoms with van der Waals surface area (Å²) in [4.78, 5) is 25.3. The zero-order chi connectivity index (χ0) is 18.1. The number of aryl methyl sites for hydroxylation is 2. The maximum Gasteiger partial charge on any atom is 0.257 e. The number of hydrogen-bond acceptors (Lipinski definition) is 7. The topological polar surface area (TPSA) is 84.6 Å². The fourth-order valence-electron chi connectivity index (χ4n) is 3.46. The van der Waals surface area contributed by atoms with Gasteiger partial charge in [-0.15, -0.1) is 0 Å². The van der Waals surface area contributed by atoms with Gasteiger partial charge in [-0.3, -0.25) is 14.7 Å². The molecule has 1 atom stereocenters. The van der Waals surface area contributed by atoms with Crippen molar-refractivity contribution in [3.8, 4) is 0 Å². The van der Waals surface area contributed by atoms with E-state index in [9.17, 15) is 4.79 Å². The third kappa shape index (κ3) is 3.47. The van der Waals surface area contributed by atoms with Crippen LogP contribution in [0, 0.1) is 13.8 Å². The number of ether oxygens (including phenoxy) is 1. The van der Waals surface area contributed by atoms with Crippen molar-refractivity contribution >= 4 is 5.91 Å². The molecule has 0 aromatic carbocycles. The van der Waals surface area contributed by atoms with E-state index < -0.39 is 0 Å². The van der Waals surface area contributed by atoms with Gasteiger partial charge in [0.1, 0.15) is 6.10 Å². The van der Waals surface area contributed by atoms with Gasteiger partial charge in [0, 0.05) is 44.1 Å². The van der Waals surface area contributed by atoms with Crippen molar-refractivity contribution in [2.45, 2.75) is 32.4 Å². The van der Waals surface area contributed by atoms with Crippen molar-refractivity contribution in [1.29, 1.82) is 0 Å². The monoisotopic (exact) mass is 357 g/mol. The molecule has 4 rings (SSSR count). The first-order chi connectivity index (χ1) is 12.6. The Kier molecular flexibility index (Phi) is 4.69. The molecule has 4 heterocycles. The highest BCUT2D eigenvalue weighted by atomic mass is 16.5. The molecule has 2 aliphatic rings. The lowest BCUT2D eigenvalue weighted by Gasteiger charge is -2.47. The lowest BCUT2D eigenvalue weighted by Crippen LogP contribution is -2.63. The van der Waals surface area contributed by atoms with Gasteiger partial charge in [-0.1, -0.05) is 11.2 Å². The minimum absolute atomic E-state index is 0.162. The fraction of sp³-hybridized carbons (Fsp3) is 0.556. The van der Waals surface area contributed by atoms with Gasteiger partial charge in [0.15, 0.2) is 5.82 Å². The molecule has 2 aliphatic heterocycles. The second-order valence-electron chi connectivity index (χ2n) is 6.91. The predicted octanol–water partition coefficient (Wildman–Crippen LogP) is 0.908. The van der Waals surface area contributed by atoms with Crippen LogP contribution < -0.4 is 0 Å². The average molecular weight is 357 g/mol. The van der Waals surface area contributed by atoms with Crippen LogP contribution >= 0.6 is 0 Å². The molecule has 1 amide bonds. The van der Waals surface area contributed by atoms with E-state index in [0.717, 1.165) is 37.4 Å². The fourth-order valence-corrected chi connectivity index (χ4v) is 3.46. The minimum Gasteiger partial charge on any atom is -0.366 e. The summed E-state index contributed by atoms with van der Waals surface area (Å²) in [5.74, 6) is 1.31. The van der Waals surface area contributed by atoms with Crippen LogP contribution in [0.25, 0.3) is 0 Å². The van der Waals surface area contributed by atoms with Crippen LogP contribution in [0.5, 0.6) is 0 Å². The maximum atomic E-state index is 12.5. The molecule has 0 saturated carbocycles. The normalized spacial score (nSPS) is 21.6. The average Bonchev–Trinajstić information content (AvgIpc) is 3.02. The molecule has 0 aliphatic carbocycles. The van der Waals surface area contributed by atoms with Crippen LogP contribution in [-0.4, -0.2) is 69.7 Å². The van der Waals surface area contributed by atoms with Crippen molar-refractivity contribution in [3.63, 3.8) is 0 Å². The van der Waals surface area contributed by atoms with Gasteiger partial charge in [-0.05, 0) is 25.5 Å². The van der Waals surface area contributed by atoms with E-state index in [-0.39, 0.29) is 12.0 Å². The van der Waals surface area contributed by atoms with E-state index in [1.54, 1.807) is 13.1 Å². The molecule has 0 radical (unpaired) electrons. The van der Waals surface area contributed by atoms with Gasteiger partial charge in [0.2, 0.25) is 5.91 Å². The Morgan fingerprint density at radius 2 is 2.15 bits per heavy atom. The first kappa shape index (κ1) is 17.1. The lowest BCUT2D eigenvalue weighted by atomic mass is 10.0. The predicted molar refractivity (Wildman–Crippen MR) is 92.3 cm³/mol. The summed E-state index contributed by atoms with van der Waals surface area (Å²) in [7, 11) is 0. The van der Waals surface area contributed by atoms with E-state index in [2.05, 4.69) is 20.0 Å². The van der Waals surface area contributed by atoms with E-state index in [1.165, 1.54) is 0 Å². The molecule has 2 aromatic heterocycles. The summed E-state index contributed by atoms with van der Waals surface area (Å²) < 4.78 is 11.0. The molecule has 2 aromatic rings. The molecule has 8 nitrogen and oxygen atoms in total. The molecule has 0 N–H and O–H groups in total. The number of aromatic nitrogens is 3. The molecule has 8 heteroatoms. The van der Waals surface area contributed by atoms with Crippen LogP contribution in [0.4, 0.5) is 0 Å². The Morgan fingerprint density at radius 3 is 2.88 bits per heavy atom. The van der Waals surface area contributed by atoms with Gasteiger partial charge in [0.25, 0.3) is 5.89 Å². The minimum atomic E-state index is -0.187. The summed E-state index contributed by atoms with van der Waals surface area (Å²) in [6, 6.07) is 4.21. The number of pyridine rings is 1. The van der Waals surface area contributed by atoms with Crippen molar-refractivity contribution < 1.29 is 14.1 Å². The summed E-state index contributed by atoms with van der Waals surface area (Å²) in [6.45, 7) is 7.46. The molecule has 2 fully saturated rings. The molecular formula is C18H23N5O3. The second kappa shape index (κ2) is 7.13. The number of morpholine rings is 1. The molecule has 26 heavy (non-hydrogen) atoms. The number of rotatable bonds is 4. The summed E-state index contributed by atoms with van der Waals surface area (Å²) >= 11 is 0. The number of amides is 1. The van der Waals surface area contributed by atoms with Gasteiger partial charge in [-0.25, -0.2) is 0 Å². The van der Waals surface area contributed by atoms with Gasteiger partial charge in [-0.2, -0.15) is 4.98 Å². The maximum absolute atomic E-state index is 12.5. The SMILES string of the molecule is Cc1noc(C2CN(C3CN(C(=O)Cc4cccnc4C)C3)CCO2)n1. The largest absolute Gasteiger partial charge is 0.366 e. The van der Waals surface area contributed by atoms with E-state index >= 15 is 0 Å². The molecule has 0 bridgehead atoms. The Labute approximate surface area is 152 Å². The van der Waals surface area contributed by atoms with Gasteiger partial charge >= 0.3 is 0 Å². The Bertz CT molecular complexity index is 787. The number of carbonyl (C=O) groups excluding carboxylic acids is 1. The Morgan fingerprint density at radius 1 is 1.31 bits per heavy atom. The zero-order valence-corrected chi connectivity index (χ0v) is 15.1. The Hall–Kier alpha value is -2.32. The van der Waals surface area contributed by atoms with E-state index in [0.29, 0.717) is 30.8 Å². The third-order valence-corrected chi connectivity index (χ3v) is 5.11. The van der Waals surface area contributed by atoms with Crippen LogP contribution in [-0.2, 0) is 16.0 Å². The van der Waals surface area contributed by atoms with Crippen LogP contribution in [0.2, 0.25) is 0 Å². The molecule has 2 saturated heterocycles. The zero-order valence-electron chi connectivity index (χ0n) is 15.1. The summed E-state index contributed by atoms with van der Waals surface area (Å²) in [5, 5.41) is 3.84. The first-order valence-electron chi connectivity index (χ1n) is 8.94. The highest BCUT2D eigenvalue weighted by Crippen LogP contribution is 2.25. The highest BCUT2D eigenvalue weighted by molar-refractivity contribution is 5.79. The number of hydrogen-bond donors (Lipinski definition) is 0. The summed E-state index contributed by atoms with van der Waals surface area (Å²) in [5.41, 5.74) is 1.92. The quantitative estimate of drug-likeness (QED) is 0.804. The van der Waals surface area contributed by atoms with Crippen LogP contribution in [0.15, 0.2) is 22.9 Å². The van der Waals surface area contributed by atoms with E-state index in [4.69, 9.17) is 9.26 Å². The Balaban J connectivity index is 1.30. The highest BCUT2D eigenvalue weighted by Gasteiger charge is 2.38. The summed E-state index contributed by atoms with van der Waals surface area (Å²) in [6.07, 6.45) is 1.98. The second-order valence-corrected chi connectivity index (χ2v) is 6.91. The number of nitrogens with zero attached hydrogens (tertiary/aromatic N) is 5. The third-order valence-electron chi connectivity index (χ3n) is 5.11. The standard InChI is InChI=1S/C18H23N5O3/c1-12-14(4-3-5-19-12)8-17(24)23-9-15(10-23)22-6-7-25-16(11-22)18-20-13(2)21-26-18/h3-5,15-16H,6-11H2,1-2H3. The van der Waals surface area contributed by atoms with Gasteiger partial charge < -0.3 is 14.2 Å². The smallest absolute Gasteiger partial charge is 0.257 e. The molecule has 1 unspecified atom stereocenters.